The number of urea groups is 1. The summed E-state index contributed by atoms with van der Waals surface area (Å²) in [5.41, 5.74) is -0.221. The van der Waals surface area contributed by atoms with Crippen LogP contribution in [0.15, 0.2) is 23.1 Å². The van der Waals surface area contributed by atoms with Crippen molar-refractivity contribution in [3.8, 4) is 0 Å². The summed E-state index contributed by atoms with van der Waals surface area (Å²) in [4.78, 5) is 34.6. The van der Waals surface area contributed by atoms with Gasteiger partial charge in [0.15, 0.2) is 6.61 Å². The Morgan fingerprint density at radius 1 is 1.24 bits per heavy atom. The zero-order valence-corrected chi connectivity index (χ0v) is 15.2. The summed E-state index contributed by atoms with van der Waals surface area (Å²) in [6.07, 6.45) is 0.695. The zero-order valence-electron chi connectivity index (χ0n) is 13.6. The van der Waals surface area contributed by atoms with Crippen LogP contribution in [0.4, 0.5) is 4.79 Å². The molecule has 25 heavy (non-hydrogen) atoms. The molecule has 138 valence electrons. The number of carbonyl (C=O) groups excluding carboxylic acids is 3. The molecule has 1 aromatic carbocycles. The Labute approximate surface area is 150 Å². The number of halogens is 1. The Kier molecular flexibility index (Phi) is 7.81. The highest BCUT2D eigenvalue weighted by Crippen LogP contribution is 2.21. The molecule has 0 saturated carbocycles. The van der Waals surface area contributed by atoms with Crippen LogP contribution in [0.25, 0.3) is 0 Å². The van der Waals surface area contributed by atoms with E-state index in [2.05, 4.69) is 10.0 Å². The van der Waals surface area contributed by atoms with Gasteiger partial charge in [-0.15, -0.1) is 0 Å². The molecule has 3 amide bonds. The first-order valence-electron chi connectivity index (χ1n) is 7.19. The van der Waals surface area contributed by atoms with E-state index in [0.717, 1.165) is 6.07 Å². The molecule has 0 aliphatic heterocycles. The van der Waals surface area contributed by atoms with Gasteiger partial charge in [-0.05, 0) is 31.7 Å². The number of imide groups is 1. The molecule has 0 spiro atoms. The van der Waals surface area contributed by atoms with E-state index in [1.807, 2.05) is 12.2 Å². The van der Waals surface area contributed by atoms with Crippen molar-refractivity contribution in [2.45, 2.75) is 18.2 Å². The van der Waals surface area contributed by atoms with E-state index in [4.69, 9.17) is 16.3 Å². The first-order valence-corrected chi connectivity index (χ1v) is 9.05. The van der Waals surface area contributed by atoms with Crippen LogP contribution in [0.2, 0.25) is 5.02 Å². The fourth-order valence-corrected chi connectivity index (χ4v) is 2.55. The molecular weight excluding hydrogens is 374 g/mol. The summed E-state index contributed by atoms with van der Waals surface area (Å²) in [6.45, 7) is 1.51. The van der Waals surface area contributed by atoms with Crippen LogP contribution in [0.5, 0.6) is 0 Å². The van der Waals surface area contributed by atoms with Crippen molar-refractivity contribution in [2.75, 3.05) is 20.2 Å². The second-order valence-corrected chi connectivity index (χ2v) is 7.02. The smallest absolute Gasteiger partial charge is 0.340 e. The van der Waals surface area contributed by atoms with Crippen LogP contribution in [-0.4, -0.2) is 46.5 Å². The fourth-order valence-electron chi connectivity index (χ4n) is 1.60. The molecule has 9 nitrogen and oxygen atoms in total. The topological polar surface area (TPSA) is 131 Å². The summed E-state index contributed by atoms with van der Waals surface area (Å²) in [7, 11) is -2.56. The Bertz CT molecular complexity index is 766. The van der Waals surface area contributed by atoms with Crippen LogP contribution >= 0.6 is 11.6 Å². The van der Waals surface area contributed by atoms with Crippen molar-refractivity contribution in [3.63, 3.8) is 0 Å². The lowest BCUT2D eigenvalue weighted by atomic mass is 10.2. The first-order chi connectivity index (χ1) is 11.7. The minimum atomic E-state index is -3.78. The summed E-state index contributed by atoms with van der Waals surface area (Å²) in [6, 6.07) is 2.77. The molecule has 0 aliphatic rings. The van der Waals surface area contributed by atoms with Gasteiger partial charge in [0.2, 0.25) is 10.0 Å². The van der Waals surface area contributed by atoms with Gasteiger partial charge in [-0.25, -0.2) is 22.7 Å². The van der Waals surface area contributed by atoms with E-state index < -0.39 is 34.5 Å². The number of esters is 1. The molecular formula is C14H18ClN3O6S. The van der Waals surface area contributed by atoms with Crippen molar-refractivity contribution in [2.24, 2.45) is 0 Å². The Hall–Kier alpha value is -2.17. The predicted molar refractivity (Wildman–Crippen MR) is 89.8 cm³/mol. The highest BCUT2D eigenvalue weighted by molar-refractivity contribution is 7.89. The van der Waals surface area contributed by atoms with Crippen LogP contribution in [-0.2, 0) is 19.6 Å². The monoisotopic (exact) mass is 391 g/mol. The highest BCUT2D eigenvalue weighted by Gasteiger charge is 2.19. The summed E-state index contributed by atoms with van der Waals surface area (Å²) in [5.74, 6) is -1.83. The van der Waals surface area contributed by atoms with Gasteiger partial charge in [0, 0.05) is 6.54 Å². The fraction of sp³-hybridized carbons (Fsp3) is 0.357. The van der Waals surface area contributed by atoms with Crippen molar-refractivity contribution >= 4 is 39.5 Å². The molecule has 0 saturated heterocycles. The summed E-state index contributed by atoms with van der Waals surface area (Å²) in [5, 5.41) is 4.35. The normalized spacial score (nSPS) is 10.8. The molecule has 0 aliphatic carbocycles. The van der Waals surface area contributed by atoms with Crippen LogP contribution in [0.3, 0.4) is 0 Å². The molecule has 0 radical (unpaired) electrons. The number of amides is 3. The molecule has 11 heteroatoms. The number of ether oxygens (including phenoxy) is 1. The maximum atomic E-state index is 12.0. The number of carbonyl (C=O) groups is 3. The number of rotatable bonds is 7. The van der Waals surface area contributed by atoms with Gasteiger partial charge in [0.25, 0.3) is 5.91 Å². The minimum Gasteiger partial charge on any atom is -0.452 e. The number of nitrogens with one attached hydrogen (secondary N) is 3. The van der Waals surface area contributed by atoms with Crippen molar-refractivity contribution in [1.82, 2.24) is 15.4 Å². The van der Waals surface area contributed by atoms with E-state index in [9.17, 15) is 22.8 Å². The van der Waals surface area contributed by atoms with Gasteiger partial charge in [0.05, 0.1) is 15.5 Å². The SMILES string of the molecule is CCCNC(=O)NC(=O)COC(=O)c1cc(S(=O)(=O)NC)ccc1Cl. The van der Waals surface area contributed by atoms with E-state index in [0.29, 0.717) is 13.0 Å². The molecule has 1 rings (SSSR count). The average molecular weight is 392 g/mol. The lowest BCUT2D eigenvalue weighted by Gasteiger charge is -2.09. The minimum absolute atomic E-state index is 0.0406. The number of hydrogen-bond donors (Lipinski definition) is 3. The van der Waals surface area contributed by atoms with Gasteiger partial charge in [0.1, 0.15) is 0 Å². The second-order valence-electron chi connectivity index (χ2n) is 4.73. The second kappa shape index (κ2) is 9.35. The molecule has 3 N–H and O–H groups in total. The molecule has 0 aromatic heterocycles. The standard InChI is InChI=1S/C14H18ClN3O6S/c1-3-6-17-14(21)18-12(19)8-24-13(20)10-7-9(4-5-11(10)15)25(22,23)16-2/h4-5,7,16H,3,6,8H2,1-2H3,(H2,17,18,19,21). The zero-order chi connectivity index (χ0) is 19.0. The quantitative estimate of drug-likeness (QED) is 0.584. The summed E-state index contributed by atoms with van der Waals surface area (Å²) >= 11 is 5.86. The van der Waals surface area contributed by atoms with Gasteiger partial charge in [-0.1, -0.05) is 18.5 Å². The maximum absolute atomic E-state index is 12.0. The largest absolute Gasteiger partial charge is 0.452 e. The molecule has 0 heterocycles. The third-order valence-corrected chi connectivity index (χ3v) is 4.60. The van der Waals surface area contributed by atoms with Gasteiger partial charge >= 0.3 is 12.0 Å². The lowest BCUT2D eigenvalue weighted by molar-refractivity contribution is -0.123. The highest BCUT2D eigenvalue weighted by atomic mass is 35.5. The Morgan fingerprint density at radius 2 is 1.92 bits per heavy atom. The molecule has 0 atom stereocenters. The molecule has 0 unspecified atom stereocenters. The lowest BCUT2D eigenvalue weighted by Crippen LogP contribution is -2.41. The van der Waals surface area contributed by atoms with Gasteiger partial charge in [-0.2, -0.15) is 0 Å². The molecule has 0 bridgehead atoms. The third kappa shape index (κ3) is 6.33. The van der Waals surface area contributed by atoms with Crippen LogP contribution < -0.4 is 15.4 Å². The van der Waals surface area contributed by atoms with Gasteiger partial charge < -0.3 is 10.1 Å². The van der Waals surface area contributed by atoms with Gasteiger partial charge in [-0.3, -0.25) is 10.1 Å². The number of sulfonamides is 1. The van der Waals surface area contributed by atoms with E-state index in [1.165, 1.54) is 19.2 Å². The van der Waals surface area contributed by atoms with E-state index in [1.54, 1.807) is 0 Å². The van der Waals surface area contributed by atoms with Crippen molar-refractivity contribution < 1.29 is 27.5 Å². The number of hydrogen-bond acceptors (Lipinski definition) is 6. The Balaban J connectivity index is 2.73. The van der Waals surface area contributed by atoms with Crippen LogP contribution in [0, 0.1) is 0 Å². The first kappa shape index (κ1) is 20.9. The Morgan fingerprint density at radius 3 is 2.52 bits per heavy atom. The van der Waals surface area contributed by atoms with E-state index >= 15 is 0 Å². The van der Waals surface area contributed by atoms with Crippen LogP contribution in [0.1, 0.15) is 23.7 Å². The molecule has 0 fully saturated rings. The van der Waals surface area contributed by atoms with Crippen molar-refractivity contribution in [1.29, 1.82) is 0 Å². The average Bonchev–Trinajstić information content (AvgIpc) is 2.58. The maximum Gasteiger partial charge on any atom is 0.340 e. The van der Waals surface area contributed by atoms with Crippen molar-refractivity contribution in [3.05, 3.63) is 28.8 Å². The summed E-state index contributed by atoms with van der Waals surface area (Å²) < 4.78 is 30.3. The predicted octanol–water partition coefficient (Wildman–Crippen LogP) is 0.641. The van der Waals surface area contributed by atoms with E-state index in [-0.39, 0.29) is 15.5 Å². The number of benzene rings is 1. The third-order valence-electron chi connectivity index (χ3n) is 2.86. The molecule has 1 aromatic rings.